The highest BCUT2D eigenvalue weighted by atomic mass is 16.5. The van der Waals surface area contributed by atoms with Crippen LogP contribution in [-0.2, 0) is 16.1 Å². The fourth-order valence-corrected chi connectivity index (χ4v) is 2.31. The summed E-state index contributed by atoms with van der Waals surface area (Å²) in [6.07, 6.45) is 5.44. The van der Waals surface area contributed by atoms with Crippen molar-refractivity contribution in [3.63, 3.8) is 0 Å². The molecule has 20 heavy (non-hydrogen) atoms. The second-order valence-electron chi connectivity index (χ2n) is 5.28. The van der Waals surface area contributed by atoms with Crippen molar-refractivity contribution in [2.45, 2.75) is 52.3 Å². The molecular weight excluding hydrogens is 250 g/mol. The summed E-state index contributed by atoms with van der Waals surface area (Å²) in [7, 11) is 0. The molecule has 108 valence electrons. The highest BCUT2D eigenvalue weighted by Gasteiger charge is 2.25. The van der Waals surface area contributed by atoms with Gasteiger partial charge in [0.05, 0.1) is 0 Å². The van der Waals surface area contributed by atoms with Gasteiger partial charge in [-0.25, -0.2) is 0 Å². The molecule has 1 N–H and O–H groups in total. The standard InChI is InChI=1S/C17H23NO2/c1-3-4-5-10-15-11-16(19)17(20-15)18-12-14-9-7-6-8-13(14)2/h6-9,11,17-18H,3-5,10,12H2,1-2H3. The van der Waals surface area contributed by atoms with E-state index < -0.39 is 6.23 Å². The quantitative estimate of drug-likeness (QED) is 0.773. The Labute approximate surface area is 121 Å². The molecule has 3 heteroatoms. The van der Waals surface area contributed by atoms with Crippen LogP contribution in [0.15, 0.2) is 36.1 Å². The van der Waals surface area contributed by atoms with Gasteiger partial charge in [-0.3, -0.25) is 10.1 Å². The first-order chi connectivity index (χ1) is 9.70. The van der Waals surface area contributed by atoms with E-state index in [1.165, 1.54) is 24.0 Å². The van der Waals surface area contributed by atoms with E-state index >= 15 is 0 Å². The minimum absolute atomic E-state index is 0.0325. The summed E-state index contributed by atoms with van der Waals surface area (Å²) in [4.78, 5) is 11.9. The van der Waals surface area contributed by atoms with Gasteiger partial charge in [0.2, 0.25) is 12.0 Å². The molecule has 1 atom stereocenters. The zero-order chi connectivity index (χ0) is 14.4. The zero-order valence-corrected chi connectivity index (χ0v) is 12.3. The van der Waals surface area contributed by atoms with Crippen molar-refractivity contribution in [3.8, 4) is 0 Å². The molecule has 0 aliphatic carbocycles. The minimum atomic E-state index is -0.508. The molecule has 1 aromatic rings. The van der Waals surface area contributed by atoms with Crippen LogP contribution in [0.5, 0.6) is 0 Å². The van der Waals surface area contributed by atoms with Crippen LogP contribution in [0, 0.1) is 6.92 Å². The van der Waals surface area contributed by atoms with Crippen molar-refractivity contribution in [3.05, 3.63) is 47.2 Å². The van der Waals surface area contributed by atoms with Crippen LogP contribution in [0.25, 0.3) is 0 Å². The van der Waals surface area contributed by atoms with E-state index in [-0.39, 0.29) is 5.78 Å². The van der Waals surface area contributed by atoms with Gasteiger partial charge in [-0.15, -0.1) is 0 Å². The fraction of sp³-hybridized carbons (Fsp3) is 0.471. The number of carbonyl (C=O) groups excluding carboxylic acids is 1. The molecule has 0 amide bonds. The van der Waals surface area contributed by atoms with Gasteiger partial charge in [0.15, 0.2) is 0 Å². The maximum absolute atomic E-state index is 11.9. The van der Waals surface area contributed by atoms with Gasteiger partial charge in [-0.2, -0.15) is 0 Å². The van der Waals surface area contributed by atoms with E-state index in [9.17, 15) is 4.79 Å². The van der Waals surface area contributed by atoms with Gasteiger partial charge >= 0.3 is 0 Å². The fourth-order valence-electron chi connectivity index (χ4n) is 2.31. The number of aryl methyl sites for hydroxylation is 1. The normalized spacial score (nSPS) is 18.0. The molecule has 0 radical (unpaired) electrons. The summed E-state index contributed by atoms with van der Waals surface area (Å²) in [5, 5.41) is 3.19. The number of nitrogens with one attached hydrogen (secondary N) is 1. The average molecular weight is 273 g/mol. The van der Waals surface area contributed by atoms with E-state index in [0.717, 1.165) is 18.6 Å². The summed E-state index contributed by atoms with van der Waals surface area (Å²) in [5.41, 5.74) is 2.42. The monoisotopic (exact) mass is 273 g/mol. The largest absolute Gasteiger partial charge is 0.472 e. The number of hydrogen-bond acceptors (Lipinski definition) is 3. The highest BCUT2D eigenvalue weighted by Crippen LogP contribution is 2.19. The predicted octanol–water partition coefficient (Wildman–Crippen LogP) is 3.47. The lowest BCUT2D eigenvalue weighted by atomic mass is 10.1. The number of ketones is 1. The van der Waals surface area contributed by atoms with Crippen molar-refractivity contribution in [2.75, 3.05) is 0 Å². The van der Waals surface area contributed by atoms with Crippen molar-refractivity contribution in [2.24, 2.45) is 0 Å². The van der Waals surface area contributed by atoms with Crippen LogP contribution < -0.4 is 5.32 Å². The second kappa shape index (κ2) is 7.25. The third kappa shape index (κ3) is 3.94. The Hall–Kier alpha value is -1.61. The molecule has 3 nitrogen and oxygen atoms in total. The lowest BCUT2D eigenvalue weighted by molar-refractivity contribution is -0.122. The van der Waals surface area contributed by atoms with E-state index in [4.69, 9.17) is 4.74 Å². The predicted molar refractivity (Wildman–Crippen MR) is 80.1 cm³/mol. The maximum atomic E-state index is 11.9. The van der Waals surface area contributed by atoms with Crippen molar-refractivity contribution >= 4 is 5.78 Å². The number of allylic oxidation sites excluding steroid dienone is 1. The molecule has 0 aromatic heterocycles. The third-order valence-corrected chi connectivity index (χ3v) is 3.60. The molecule has 1 aliphatic heterocycles. The SMILES string of the molecule is CCCCCC1=CC(=O)C(NCc2ccccc2C)O1. The molecular formula is C17H23NO2. The molecule has 2 rings (SSSR count). The first-order valence-corrected chi connectivity index (χ1v) is 7.39. The molecule has 0 saturated carbocycles. The van der Waals surface area contributed by atoms with Gasteiger partial charge in [-0.1, -0.05) is 44.0 Å². The lowest BCUT2D eigenvalue weighted by Crippen LogP contribution is -2.34. The Kier molecular flexibility index (Phi) is 5.36. The van der Waals surface area contributed by atoms with Gasteiger partial charge in [0.1, 0.15) is 5.76 Å². The van der Waals surface area contributed by atoms with Crippen molar-refractivity contribution in [1.82, 2.24) is 5.32 Å². The Morgan fingerprint density at radius 3 is 2.80 bits per heavy atom. The Balaban J connectivity index is 1.81. The number of ether oxygens (including phenoxy) is 1. The van der Waals surface area contributed by atoms with Crippen LogP contribution in [0.1, 0.15) is 43.7 Å². The van der Waals surface area contributed by atoms with E-state index in [1.807, 2.05) is 12.1 Å². The highest BCUT2D eigenvalue weighted by molar-refractivity contribution is 5.95. The molecule has 1 unspecified atom stereocenters. The third-order valence-electron chi connectivity index (χ3n) is 3.60. The van der Waals surface area contributed by atoms with Crippen molar-refractivity contribution < 1.29 is 9.53 Å². The summed E-state index contributed by atoms with van der Waals surface area (Å²) >= 11 is 0. The van der Waals surface area contributed by atoms with E-state index in [2.05, 4.69) is 31.3 Å². The van der Waals surface area contributed by atoms with Gasteiger partial charge in [-0.05, 0) is 24.5 Å². The van der Waals surface area contributed by atoms with Crippen LogP contribution in [-0.4, -0.2) is 12.0 Å². The van der Waals surface area contributed by atoms with Crippen LogP contribution in [0.3, 0.4) is 0 Å². The average Bonchev–Trinajstić information content (AvgIpc) is 2.79. The Morgan fingerprint density at radius 2 is 2.05 bits per heavy atom. The lowest BCUT2D eigenvalue weighted by Gasteiger charge is -2.14. The maximum Gasteiger partial charge on any atom is 0.214 e. The summed E-state index contributed by atoms with van der Waals surface area (Å²) in [5.74, 6) is 0.857. The van der Waals surface area contributed by atoms with Crippen LogP contribution in [0.2, 0.25) is 0 Å². The molecule has 0 fully saturated rings. The number of unbranched alkanes of at least 4 members (excludes halogenated alkanes) is 2. The summed E-state index contributed by atoms with van der Waals surface area (Å²) in [6.45, 7) is 4.89. The topological polar surface area (TPSA) is 38.3 Å². The van der Waals surface area contributed by atoms with E-state index in [0.29, 0.717) is 6.54 Å². The van der Waals surface area contributed by atoms with Gasteiger partial charge in [0.25, 0.3) is 0 Å². The Morgan fingerprint density at radius 1 is 1.25 bits per heavy atom. The van der Waals surface area contributed by atoms with Crippen LogP contribution in [0.4, 0.5) is 0 Å². The first-order valence-electron chi connectivity index (χ1n) is 7.39. The van der Waals surface area contributed by atoms with Crippen LogP contribution >= 0.6 is 0 Å². The Bertz CT molecular complexity index is 494. The molecule has 0 bridgehead atoms. The molecule has 0 spiro atoms. The molecule has 1 heterocycles. The first kappa shape index (κ1) is 14.8. The summed E-state index contributed by atoms with van der Waals surface area (Å²) in [6, 6.07) is 8.17. The second-order valence-corrected chi connectivity index (χ2v) is 5.28. The minimum Gasteiger partial charge on any atom is -0.472 e. The number of benzene rings is 1. The van der Waals surface area contributed by atoms with Gasteiger partial charge < -0.3 is 4.74 Å². The molecule has 1 aromatic carbocycles. The summed E-state index contributed by atoms with van der Waals surface area (Å²) < 4.78 is 5.68. The number of rotatable bonds is 7. The number of carbonyl (C=O) groups is 1. The molecule has 0 saturated heterocycles. The number of hydrogen-bond donors (Lipinski definition) is 1. The molecule has 1 aliphatic rings. The zero-order valence-electron chi connectivity index (χ0n) is 12.3. The van der Waals surface area contributed by atoms with Crippen molar-refractivity contribution in [1.29, 1.82) is 0 Å². The smallest absolute Gasteiger partial charge is 0.214 e. The van der Waals surface area contributed by atoms with Gasteiger partial charge in [0, 0.05) is 19.0 Å². The van der Waals surface area contributed by atoms with E-state index in [1.54, 1.807) is 6.08 Å².